The maximum Gasteiger partial charge on any atom is 0.125 e. The highest BCUT2D eigenvalue weighted by Gasteiger charge is 2.28. The Morgan fingerprint density at radius 1 is 0.967 bits per heavy atom. The number of fused-ring (bicyclic) bond motifs is 6. The molecule has 0 amide bonds. The minimum atomic E-state index is -0.193. The molecule has 0 fully saturated rings. The van der Waals surface area contributed by atoms with Crippen molar-refractivity contribution in [2.24, 2.45) is 0 Å². The Kier molecular flexibility index (Phi) is 5.12. The van der Waals surface area contributed by atoms with E-state index >= 15 is 0 Å². The predicted octanol–water partition coefficient (Wildman–Crippen LogP) is 7.98. The van der Waals surface area contributed by atoms with Crippen LogP contribution in [0.5, 0.6) is 0 Å². The lowest BCUT2D eigenvalue weighted by molar-refractivity contribution is 0.627. The maximum atomic E-state index is 14.1. The molecule has 152 valence electrons. The summed E-state index contributed by atoms with van der Waals surface area (Å²) in [5, 5.41) is 1.35. The van der Waals surface area contributed by atoms with Crippen LogP contribution in [0.3, 0.4) is 0 Å². The Hall–Kier alpha value is -1.88. The van der Waals surface area contributed by atoms with E-state index in [1.165, 1.54) is 50.9 Å². The predicted molar refractivity (Wildman–Crippen MR) is 129 cm³/mol. The van der Waals surface area contributed by atoms with Crippen molar-refractivity contribution in [2.75, 3.05) is 0 Å². The molecule has 2 aliphatic rings. The first-order valence-corrected chi connectivity index (χ1v) is 12.0. The first-order valence-electron chi connectivity index (χ1n) is 10.2. The minimum absolute atomic E-state index is 0. The van der Waals surface area contributed by atoms with E-state index in [1.807, 2.05) is 17.4 Å². The van der Waals surface area contributed by atoms with Gasteiger partial charge in [-0.1, -0.05) is 29.8 Å². The number of hydrogen-bond donors (Lipinski definition) is 0. The van der Waals surface area contributed by atoms with Crippen LogP contribution in [0.1, 0.15) is 34.4 Å². The van der Waals surface area contributed by atoms with Gasteiger partial charge in [-0.05, 0) is 73.1 Å². The monoisotopic (exact) mass is 453 g/mol. The average molecular weight is 454 g/mol. The molecule has 1 nitrogen and oxygen atoms in total. The van der Waals surface area contributed by atoms with Crippen LogP contribution in [0.4, 0.5) is 4.39 Å². The van der Waals surface area contributed by atoms with Crippen LogP contribution in [0.2, 0.25) is 0 Å². The molecule has 5 heteroatoms. The van der Waals surface area contributed by atoms with Gasteiger partial charge in [0.2, 0.25) is 0 Å². The number of benzene rings is 2. The zero-order valence-electron chi connectivity index (χ0n) is 16.6. The second-order valence-corrected chi connectivity index (χ2v) is 10.1. The first kappa shape index (κ1) is 20.0. The van der Waals surface area contributed by atoms with E-state index in [9.17, 15) is 4.39 Å². The molecule has 6 rings (SSSR count). The average Bonchev–Trinajstić information content (AvgIpc) is 3.11. The topological polar surface area (TPSA) is 12.9 Å². The van der Waals surface area contributed by atoms with Crippen molar-refractivity contribution in [1.82, 2.24) is 4.98 Å². The number of rotatable bonds is 1. The van der Waals surface area contributed by atoms with Crippen molar-refractivity contribution in [3.63, 3.8) is 0 Å². The van der Waals surface area contributed by atoms with Gasteiger partial charge in [-0.2, -0.15) is 0 Å². The Labute approximate surface area is 190 Å². The van der Waals surface area contributed by atoms with E-state index in [-0.39, 0.29) is 18.2 Å². The number of pyridine rings is 1. The molecule has 4 aromatic rings. The molecule has 2 aromatic carbocycles. The number of thioether (sulfide) groups is 1. The van der Waals surface area contributed by atoms with Crippen LogP contribution in [0.15, 0.2) is 47.4 Å². The third-order valence-electron chi connectivity index (χ3n) is 6.11. The molecule has 0 saturated heterocycles. The molecule has 0 atom stereocenters. The third-order valence-corrected chi connectivity index (χ3v) is 8.40. The van der Waals surface area contributed by atoms with Gasteiger partial charge in [0.15, 0.2) is 0 Å². The second kappa shape index (κ2) is 7.67. The SMILES string of the molecule is Cc1ccc(-c2c3c(nc4sc5c(c24)CCCC5)-c2cc(F)ccc2SC3)cc1.Cl. The molecule has 3 heterocycles. The van der Waals surface area contributed by atoms with E-state index in [0.29, 0.717) is 0 Å². The largest absolute Gasteiger partial charge is 0.236 e. The van der Waals surface area contributed by atoms with Crippen LogP contribution in [0, 0.1) is 12.7 Å². The Balaban J connectivity index is 0.00000193. The highest BCUT2D eigenvalue weighted by molar-refractivity contribution is 7.98. The fraction of sp³-hybridized carbons (Fsp3) is 0.240. The lowest BCUT2D eigenvalue weighted by atomic mass is 9.89. The standard InChI is InChI=1S/C25H20FNS2.ClH/c1-14-6-8-15(9-7-14)22-19-13-28-20-11-10-16(26)12-18(20)24(19)27-25-23(22)17-4-2-3-5-21(17)29-25;/h6-12H,2-5,13H2,1H3;1H. The molecule has 1 aliphatic heterocycles. The summed E-state index contributed by atoms with van der Waals surface area (Å²) in [4.78, 5) is 8.89. The highest BCUT2D eigenvalue weighted by atomic mass is 35.5. The minimum Gasteiger partial charge on any atom is -0.236 e. The van der Waals surface area contributed by atoms with Crippen LogP contribution in [-0.2, 0) is 18.6 Å². The smallest absolute Gasteiger partial charge is 0.125 e. The maximum absolute atomic E-state index is 14.1. The molecule has 0 spiro atoms. The van der Waals surface area contributed by atoms with Gasteiger partial charge in [-0.3, -0.25) is 0 Å². The number of nitrogens with zero attached hydrogens (tertiary/aromatic N) is 1. The molecule has 1 aliphatic carbocycles. The van der Waals surface area contributed by atoms with E-state index < -0.39 is 0 Å². The van der Waals surface area contributed by atoms with Crippen molar-refractivity contribution in [2.45, 2.75) is 43.3 Å². The summed E-state index contributed by atoms with van der Waals surface area (Å²) in [6, 6.07) is 14.0. The molecular formula is C25H21ClFNS2. The number of halogens is 2. The molecule has 0 unspecified atom stereocenters. The number of aromatic nitrogens is 1. The highest BCUT2D eigenvalue weighted by Crippen LogP contribution is 2.49. The third kappa shape index (κ3) is 3.08. The summed E-state index contributed by atoms with van der Waals surface area (Å²) in [6.07, 6.45) is 4.83. The fourth-order valence-corrected chi connectivity index (χ4v) is 7.02. The van der Waals surface area contributed by atoms with Crippen molar-refractivity contribution in [3.8, 4) is 22.4 Å². The molecule has 0 N–H and O–H groups in total. The number of aryl methyl sites for hydroxylation is 3. The summed E-state index contributed by atoms with van der Waals surface area (Å²) in [5.74, 6) is 0.687. The van der Waals surface area contributed by atoms with Gasteiger partial charge in [-0.25, -0.2) is 9.37 Å². The van der Waals surface area contributed by atoms with Gasteiger partial charge in [0.05, 0.1) is 5.69 Å². The summed E-state index contributed by atoms with van der Waals surface area (Å²) < 4.78 is 14.1. The molecule has 2 aromatic heterocycles. The van der Waals surface area contributed by atoms with Crippen LogP contribution >= 0.6 is 35.5 Å². The first-order chi connectivity index (χ1) is 14.2. The molecule has 0 saturated carbocycles. The molecule has 0 radical (unpaired) electrons. The van der Waals surface area contributed by atoms with Crippen LogP contribution in [0.25, 0.3) is 32.6 Å². The summed E-state index contributed by atoms with van der Waals surface area (Å²) in [6.45, 7) is 2.13. The van der Waals surface area contributed by atoms with E-state index in [1.54, 1.807) is 23.9 Å². The molecular weight excluding hydrogens is 433 g/mol. The quantitative estimate of drug-likeness (QED) is 0.289. The summed E-state index contributed by atoms with van der Waals surface area (Å²) in [5.41, 5.74) is 8.53. The fourth-order valence-electron chi connectivity index (χ4n) is 4.69. The lowest BCUT2D eigenvalue weighted by Gasteiger charge is -2.23. The van der Waals surface area contributed by atoms with Gasteiger partial charge in [-0.15, -0.1) is 35.5 Å². The molecule has 0 bridgehead atoms. The Bertz CT molecular complexity index is 1280. The number of thiophene rings is 1. The van der Waals surface area contributed by atoms with Crippen molar-refractivity contribution in [1.29, 1.82) is 0 Å². The van der Waals surface area contributed by atoms with Crippen molar-refractivity contribution < 1.29 is 4.39 Å². The zero-order valence-corrected chi connectivity index (χ0v) is 19.1. The van der Waals surface area contributed by atoms with Gasteiger partial charge in [0.1, 0.15) is 10.6 Å². The van der Waals surface area contributed by atoms with Crippen LogP contribution < -0.4 is 0 Å². The molecule has 30 heavy (non-hydrogen) atoms. The second-order valence-electron chi connectivity index (χ2n) is 8.00. The number of hydrogen-bond acceptors (Lipinski definition) is 3. The Morgan fingerprint density at radius 3 is 2.60 bits per heavy atom. The van der Waals surface area contributed by atoms with Gasteiger partial charge in [0.25, 0.3) is 0 Å². The normalized spacial score (nSPS) is 14.6. The summed E-state index contributed by atoms with van der Waals surface area (Å²) >= 11 is 3.65. The lowest BCUT2D eigenvalue weighted by Crippen LogP contribution is -2.04. The van der Waals surface area contributed by atoms with E-state index in [4.69, 9.17) is 4.98 Å². The van der Waals surface area contributed by atoms with Gasteiger partial charge < -0.3 is 0 Å². The van der Waals surface area contributed by atoms with Crippen LogP contribution in [-0.4, -0.2) is 4.98 Å². The Morgan fingerprint density at radius 2 is 1.77 bits per heavy atom. The van der Waals surface area contributed by atoms with Crippen molar-refractivity contribution in [3.05, 3.63) is 69.8 Å². The van der Waals surface area contributed by atoms with Gasteiger partial charge >= 0.3 is 0 Å². The summed E-state index contributed by atoms with van der Waals surface area (Å²) in [7, 11) is 0. The zero-order chi connectivity index (χ0) is 19.5. The van der Waals surface area contributed by atoms with Gasteiger partial charge in [0, 0.05) is 26.5 Å². The van der Waals surface area contributed by atoms with Crippen molar-refractivity contribution >= 4 is 45.7 Å². The van der Waals surface area contributed by atoms with E-state index in [2.05, 4.69) is 31.2 Å². The van der Waals surface area contributed by atoms with E-state index in [0.717, 1.165) is 39.6 Å².